The van der Waals surface area contributed by atoms with Gasteiger partial charge in [-0.15, -0.1) is 22.7 Å². The summed E-state index contributed by atoms with van der Waals surface area (Å²) in [6.07, 6.45) is 3.74. The molecule has 1 aromatic carbocycles. The van der Waals surface area contributed by atoms with E-state index < -0.39 is 10.0 Å². The van der Waals surface area contributed by atoms with E-state index in [4.69, 9.17) is 0 Å². The Kier molecular flexibility index (Phi) is 6.09. The number of hydrazone groups is 1. The van der Waals surface area contributed by atoms with Gasteiger partial charge in [-0.3, -0.25) is 5.43 Å². The minimum Gasteiger partial charge on any atom is -0.253 e. The SMILES string of the molecule is CC1CCCN(S(=O)(=O)c2cccc(-c3csc(NN=Cc4cccs4)n3)c2)C1. The Morgan fingerprint density at radius 2 is 2.17 bits per heavy atom. The summed E-state index contributed by atoms with van der Waals surface area (Å²) in [5.41, 5.74) is 4.44. The molecule has 0 amide bonds. The highest BCUT2D eigenvalue weighted by molar-refractivity contribution is 7.89. The zero-order valence-corrected chi connectivity index (χ0v) is 18.4. The summed E-state index contributed by atoms with van der Waals surface area (Å²) < 4.78 is 27.7. The average molecular weight is 447 g/mol. The topological polar surface area (TPSA) is 74.7 Å². The molecule has 1 aliphatic heterocycles. The summed E-state index contributed by atoms with van der Waals surface area (Å²) >= 11 is 3.04. The Bertz CT molecular complexity index is 1090. The van der Waals surface area contributed by atoms with E-state index in [0.717, 1.165) is 29.0 Å². The fourth-order valence-electron chi connectivity index (χ4n) is 3.30. The maximum absolute atomic E-state index is 13.1. The van der Waals surface area contributed by atoms with E-state index >= 15 is 0 Å². The third-order valence-corrected chi connectivity index (χ3v) is 8.20. The molecule has 3 heterocycles. The third kappa shape index (κ3) is 4.75. The number of hydrogen-bond acceptors (Lipinski definition) is 7. The largest absolute Gasteiger partial charge is 0.253 e. The molecule has 0 bridgehead atoms. The van der Waals surface area contributed by atoms with Crippen LogP contribution in [0.3, 0.4) is 0 Å². The van der Waals surface area contributed by atoms with Crippen molar-refractivity contribution < 1.29 is 8.42 Å². The van der Waals surface area contributed by atoms with Crippen LogP contribution in [-0.2, 0) is 10.0 Å². The van der Waals surface area contributed by atoms with E-state index in [1.165, 1.54) is 11.3 Å². The van der Waals surface area contributed by atoms with E-state index in [0.29, 0.717) is 29.0 Å². The normalized spacial score (nSPS) is 18.3. The molecule has 4 rings (SSSR count). The van der Waals surface area contributed by atoms with Crippen LogP contribution in [0.1, 0.15) is 24.6 Å². The number of nitrogens with one attached hydrogen (secondary N) is 1. The number of anilines is 1. The molecule has 1 unspecified atom stereocenters. The van der Waals surface area contributed by atoms with E-state index in [9.17, 15) is 8.42 Å². The first-order valence-electron chi connectivity index (χ1n) is 9.41. The Morgan fingerprint density at radius 1 is 1.28 bits per heavy atom. The maximum Gasteiger partial charge on any atom is 0.243 e. The van der Waals surface area contributed by atoms with Crippen LogP contribution in [-0.4, -0.2) is 37.0 Å². The van der Waals surface area contributed by atoms with Crippen LogP contribution in [0.5, 0.6) is 0 Å². The van der Waals surface area contributed by atoms with Gasteiger partial charge in [0.15, 0.2) is 0 Å². The standard InChI is InChI=1S/C20H22N4O2S3/c1-15-5-3-9-24(13-15)29(25,26)18-8-2-6-16(11-18)19-14-28-20(22-19)23-21-12-17-7-4-10-27-17/h2,4,6-8,10-12,14-15H,3,5,9,13H2,1H3,(H,22,23). The van der Waals surface area contributed by atoms with E-state index in [2.05, 4.69) is 22.4 Å². The first kappa shape index (κ1) is 20.2. The molecule has 0 aliphatic carbocycles. The lowest BCUT2D eigenvalue weighted by molar-refractivity contribution is 0.281. The monoisotopic (exact) mass is 446 g/mol. The minimum atomic E-state index is -3.49. The number of benzene rings is 1. The van der Waals surface area contributed by atoms with Gasteiger partial charge in [0.05, 0.1) is 16.8 Å². The Balaban J connectivity index is 1.51. The Hall–Kier alpha value is -2.07. The Morgan fingerprint density at radius 3 is 2.97 bits per heavy atom. The summed E-state index contributed by atoms with van der Waals surface area (Å²) in [7, 11) is -3.49. The maximum atomic E-state index is 13.1. The van der Waals surface area contributed by atoms with Crippen molar-refractivity contribution in [1.29, 1.82) is 0 Å². The van der Waals surface area contributed by atoms with Crippen LogP contribution < -0.4 is 5.43 Å². The lowest BCUT2D eigenvalue weighted by atomic mass is 10.0. The zero-order valence-electron chi connectivity index (χ0n) is 16.0. The summed E-state index contributed by atoms with van der Waals surface area (Å²) in [4.78, 5) is 5.91. The van der Waals surface area contributed by atoms with Crippen molar-refractivity contribution in [3.8, 4) is 11.3 Å². The van der Waals surface area contributed by atoms with Crippen molar-refractivity contribution in [2.75, 3.05) is 18.5 Å². The highest BCUT2D eigenvalue weighted by Gasteiger charge is 2.28. The lowest BCUT2D eigenvalue weighted by Crippen LogP contribution is -2.39. The average Bonchev–Trinajstić information content (AvgIpc) is 3.40. The molecule has 3 aromatic rings. The molecule has 1 fully saturated rings. The molecule has 1 N–H and O–H groups in total. The van der Waals surface area contributed by atoms with Crippen LogP contribution in [0, 0.1) is 5.92 Å². The molecule has 9 heteroatoms. The predicted octanol–water partition coefficient (Wildman–Crippen LogP) is 4.74. The van der Waals surface area contributed by atoms with Crippen LogP contribution in [0.15, 0.2) is 57.2 Å². The summed E-state index contributed by atoms with van der Waals surface area (Å²) in [6.45, 7) is 3.27. The summed E-state index contributed by atoms with van der Waals surface area (Å²) in [5, 5.41) is 8.75. The molecule has 0 radical (unpaired) electrons. The van der Waals surface area contributed by atoms with Gasteiger partial charge in [0.1, 0.15) is 0 Å². The summed E-state index contributed by atoms with van der Waals surface area (Å²) in [5.74, 6) is 0.392. The first-order chi connectivity index (χ1) is 14.0. The number of hydrogen-bond donors (Lipinski definition) is 1. The van der Waals surface area contributed by atoms with Crippen LogP contribution >= 0.6 is 22.7 Å². The molecule has 1 saturated heterocycles. The second-order valence-electron chi connectivity index (χ2n) is 7.06. The number of aromatic nitrogens is 1. The quantitative estimate of drug-likeness (QED) is 0.438. The van der Waals surface area contributed by atoms with E-state index in [-0.39, 0.29) is 0 Å². The van der Waals surface area contributed by atoms with Gasteiger partial charge in [-0.05, 0) is 42.3 Å². The molecule has 152 valence electrons. The molecule has 1 aliphatic rings. The van der Waals surface area contributed by atoms with Gasteiger partial charge < -0.3 is 0 Å². The number of nitrogens with zero attached hydrogens (tertiary/aromatic N) is 3. The van der Waals surface area contributed by atoms with E-state index in [1.54, 1.807) is 40.1 Å². The number of piperidine rings is 1. The third-order valence-electron chi connectivity index (χ3n) is 4.79. The molecule has 0 saturated carbocycles. The van der Waals surface area contributed by atoms with Gasteiger partial charge >= 0.3 is 0 Å². The minimum absolute atomic E-state index is 0.322. The van der Waals surface area contributed by atoms with Gasteiger partial charge in [0.25, 0.3) is 0 Å². The molecule has 29 heavy (non-hydrogen) atoms. The van der Waals surface area contributed by atoms with Crippen LogP contribution in [0.25, 0.3) is 11.3 Å². The number of thiazole rings is 1. The fourth-order valence-corrected chi connectivity index (χ4v) is 6.20. The molecular formula is C20H22N4O2S3. The molecule has 6 nitrogen and oxygen atoms in total. The van der Waals surface area contributed by atoms with E-state index in [1.807, 2.05) is 29.0 Å². The highest BCUT2D eigenvalue weighted by Crippen LogP contribution is 2.29. The predicted molar refractivity (Wildman–Crippen MR) is 120 cm³/mol. The second kappa shape index (κ2) is 8.74. The Labute approximate surface area is 179 Å². The van der Waals surface area contributed by atoms with Crippen molar-refractivity contribution in [2.45, 2.75) is 24.7 Å². The van der Waals surface area contributed by atoms with Crippen molar-refractivity contribution in [3.63, 3.8) is 0 Å². The van der Waals surface area contributed by atoms with Crippen molar-refractivity contribution in [1.82, 2.24) is 9.29 Å². The smallest absolute Gasteiger partial charge is 0.243 e. The van der Waals surface area contributed by atoms with Gasteiger partial charge in [0.2, 0.25) is 15.2 Å². The molecular weight excluding hydrogens is 424 g/mol. The van der Waals surface area contributed by atoms with Crippen LogP contribution in [0.2, 0.25) is 0 Å². The van der Waals surface area contributed by atoms with Crippen molar-refractivity contribution in [3.05, 3.63) is 52.0 Å². The van der Waals surface area contributed by atoms with Gasteiger partial charge in [-0.2, -0.15) is 9.41 Å². The molecule has 2 aromatic heterocycles. The number of rotatable bonds is 6. The van der Waals surface area contributed by atoms with Crippen molar-refractivity contribution in [2.24, 2.45) is 11.0 Å². The highest BCUT2D eigenvalue weighted by atomic mass is 32.2. The first-order valence-corrected chi connectivity index (χ1v) is 12.6. The number of sulfonamides is 1. The summed E-state index contributed by atoms with van der Waals surface area (Å²) in [6, 6.07) is 11.0. The molecule has 1 atom stereocenters. The second-order valence-corrected chi connectivity index (χ2v) is 10.8. The fraction of sp³-hybridized carbons (Fsp3) is 0.300. The van der Waals surface area contributed by atoms with Gasteiger partial charge in [0, 0.05) is 28.9 Å². The lowest BCUT2D eigenvalue weighted by Gasteiger charge is -2.30. The van der Waals surface area contributed by atoms with Gasteiger partial charge in [-0.25, -0.2) is 13.4 Å². The van der Waals surface area contributed by atoms with Gasteiger partial charge in [-0.1, -0.05) is 25.1 Å². The molecule has 0 spiro atoms. The van der Waals surface area contributed by atoms with Crippen molar-refractivity contribution >= 4 is 44.0 Å². The zero-order chi connectivity index (χ0) is 20.3. The van der Waals surface area contributed by atoms with Crippen LogP contribution in [0.4, 0.5) is 5.13 Å². The number of thiophene rings is 1.